The number of ether oxygens (including phenoxy) is 1. The SMILES string of the molecule is Clc1cccc(CNCCCCN2CCOCC2)c1. The van der Waals surface area contributed by atoms with Gasteiger partial charge in [-0.25, -0.2) is 0 Å². The molecular formula is C15H23ClN2O. The van der Waals surface area contributed by atoms with Crippen LogP contribution in [0.3, 0.4) is 0 Å². The summed E-state index contributed by atoms with van der Waals surface area (Å²) >= 11 is 5.95. The Morgan fingerprint density at radius 3 is 2.84 bits per heavy atom. The van der Waals surface area contributed by atoms with Crippen LogP contribution < -0.4 is 5.32 Å². The van der Waals surface area contributed by atoms with E-state index in [1.165, 1.54) is 24.9 Å². The predicted molar refractivity (Wildman–Crippen MR) is 79.7 cm³/mol. The van der Waals surface area contributed by atoms with E-state index in [0.717, 1.165) is 44.4 Å². The van der Waals surface area contributed by atoms with Crippen molar-refractivity contribution in [2.75, 3.05) is 39.4 Å². The maximum Gasteiger partial charge on any atom is 0.0594 e. The molecule has 3 nitrogen and oxygen atoms in total. The molecule has 4 heteroatoms. The van der Waals surface area contributed by atoms with Gasteiger partial charge in [-0.05, 0) is 43.6 Å². The summed E-state index contributed by atoms with van der Waals surface area (Å²) in [6, 6.07) is 8.03. The lowest BCUT2D eigenvalue weighted by molar-refractivity contribution is 0.0372. The van der Waals surface area contributed by atoms with E-state index in [1.807, 2.05) is 18.2 Å². The van der Waals surface area contributed by atoms with Crippen molar-refractivity contribution >= 4 is 11.6 Å². The summed E-state index contributed by atoms with van der Waals surface area (Å²) in [5.74, 6) is 0. The zero-order chi connectivity index (χ0) is 13.3. The van der Waals surface area contributed by atoms with Gasteiger partial charge >= 0.3 is 0 Å². The number of benzene rings is 1. The fraction of sp³-hybridized carbons (Fsp3) is 0.600. The molecule has 1 saturated heterocycles. The Hall–Kier alpha value is -0.610. The van der Waals surface area contributed by atoms with E-state index in [1.54, 1.807) is 0 Å². The van der Waals surface area contributed by atoms with Crippen molar-refractivity contribution in [1.82, 2.24) is 10.2 Å². The summed E-state index contributed by atoms with van der Waals surface area (Å²) in [6.07, 6.45) is 2.47. The second-order valence-electron chi connectivity index (χ2n) is 4.97. The fourth-order valence-corrected chi connectivity index (χ4v) is 2.50. The number of morpholine rings is 1. The molecule has 106 valence electrons. The number of halogens is 1. The van der Waals surface area contributed by atoms with Crippen LogP contribution in [0.4, 0.5) is 0 Å². The van der Waals surface area contributed by atoms with Gasteiger partial charge in [-0.3, -0.25) is 4.90 Å². The van der Waals surface area contributed by atoms with E-state index >= 15 is 0 Å². The van der Waals surface area contributed by atoms with E-state index in [4.69, 9.17) is 16.3 Å². The van der Waals surface area contributed by atoms with Gasteiger partial charge < -0.3 is 10.1 Å². The third kappa shape index (κ3) is 5.91. The van der Waals surface area contributed by atoms with Crippen LogP contribution in [-0.2, 0) is 11.3 Å². The fourth-order valence-electron chi connectivity index (χ4n) is 2.29. The van der Waals surface area contributed by atoms with Gasteiger partial charge in [-0.15, -0.1) is 0 Å². The average Bonchev–Trinajstić information content (AvgIpc) is 2.44. The molecule has 1 aromatic rings. The summed E-state index contributed by atoms with van der Waals surface area (Å²) in [6.45, 7) is 7.14. The first kappa shape index (κ1) is 14.8. The molecule has 2 rings (SSSR count). The minimum Gasteiger partial charge on any atom is -0.379 e. The van der Waals surface area contributed by atoms with Crippen molar-refractivity contribution in [3.8, 4) is 0 Å². The van der Waals surface area contributed by atoms with Crippen molar-refractivity contribution in [2.45, 2.75) is 19.4 Å². The van der Waals surface area contributed by atoms with E-state index in [9.17, 15) is 0 Å². The molecule has 0 aromatic heterocycles. The van der Waals surface area contributed by atoms with Crippen molar-refractivity contribution in [3.63, 3.8) is 0 Å². The van der Waals surface area contributed by atoms with Crippen molar-refractivity contribution < 1.29 is 4.74 Å². The van der Waals surface area contributed by atoms with Crippen LogP contribution in [0, 0.1) is 0 Å². The standard InChI is InChI=1S/C15H23ClN2O/c16-15-5-3-4-14(12-15)13-17-6-1-2-7-18-8-10-19-11-9-18/h3-5,12,17H,1-2,6-11,13H2. The van der Waals surface area contributed by atoms with Crippen molar-refractivity contribution in [3.05, 3.63) is 34.9 Å². The van der Waals surface area contributed by atoms with Gasteiger partial charge in [0.05, 0.1) is 13.2 Å². The number of hydrogen-bond donors (Lipinski definition) is 1. The highest BCUT2D eigenvalue weighted by molar-refractivity contribution is 6.30. The third-order valence-corrected chi connectivity index (χ3v) is 3.63. The van der Waals surface area contributed by atoms with Gasteiger partial charge in [0.2, 0.25) is 0 Å². The minimum atomic E-state index is 0.812. The number of unbranched alkanes of at least 4 members (excludes halogenated alkanes) is 1. The summed E-state index contributed by atoms with van der Waals surface area (Å²) in [5, 5.41) is 4.28. The molecule has 1 heterocycles. The van der Waals surface area contributed by atoms with Gasteiger partial charge in [0, 0.05) is 24.7 Å². The minimum absolute atomic E-state index is 0.812. The maximum absolute atomic E-state index is 5.95. The molecule has 0 unspecified atom stereocenters. The van der Waals surface area contributed by atoms with Crippen molar-refractivity contribution in [2.24, 2.45) is 0 Å². The summed E-state index contributed by atoms with van der Waals surface area (Å²) in [5.41, 5.74) is 1.25. The third-order valence-electron chi connectivity index (χ3n) is 3.40. The lowest BCUT2D eigenvalue weighted by Gasteiger charge is -2.26. The lowest BCUT2D eigenvalue weighted by Crippen LogP contribution is -2.37. The molecule has 1 aliphatic rings. The predicted octanol–water partition coefficient (Wildman–Crippen LogP) is 2.54. The number of nitrogens with zero attached hydrogens (tertiary/aromatic N) is 1. The molecule has 1 aliphatic heterocycles. The number of nitrogens with one attached hydrogen (secondary N) is 1. The average molecular weight is 283 g/mol. The Balaban J connectivity index is 1.50. The van der Waals surface area contributed by atoms with E-state index in [2.05, 4.69) is 16.3 Å². The molecule has 0 bridgehead atoms. The molecule has 0 radical (unpaired) electrons. The van der Waals surface area contributed by atoms with Gasteiger partial charge in [0.25, 0.3) is 0 Å². The van der Waals surface area contributed by atoms with E-state index in [0.29, 0.717) is 0 Å². The summed E-state index contributed by atoms with van der Waals surface area (Å²) in [7, 11) is 0. The van der Waals surface area contributed by atoms with Gasteiger partial charge in [0.15, 0.2) is 0 Å². The monoisotopic (exact) mass is 282 g/mol. The van der Waals surface area contributed by atoms with Crippen molar-refractivity contribution in [1.29, 1.82) is 0 Å². The largest absolute Gasteiger partial charge is 0.379 e. The number of hydrogen-bond acceptors (Lipinski definition) is 3. The molecule has 1 N–H and O–H groups in total. The second-order valence-corrected chi connectivity index (χ2v) is 5.40. The van der Waals surface area contributed by atoms with Crippen LogP contribution >= 0.6 is 11.6 Å². The van der Waals surface area contributed by atoms with Crippen LogP contribution in [0.15, 0.2) is 24.3 Å². The Bertz CT molecular complexity index is 367. The normalized spacial score (nSPS) is 16.7. The highest BCUT2D eigenvalue weighted by Crippen LogP contribution is 2.10. The van der Waals surface area contributed by atoms with Crippen LogP contribution in [0.1, 0.15) is 18.4 Å². The maximum atomic E-state index is 5.95. The molecule has 19 heavy (non-hydrogen) atoms. The summed E-state index contributed by atoms with van der Waals surface area (Å²) < 4.78 is 5.34. The van der Waals surface area contributed by atoms with Crippen LogP contribution in [-0.4, -0.2) is 44.3 Å². The molecule has 1 aromatic carbocycles. The Morgan fingerprint density at radius 2 is 2.05 bits per heavy atom. The number of rotatable bonds is 7. The molecule has 1 fully saturated rings. The zero-order valence-electron chi connectivity index (χ0n) is 11.4. The molecule has 0 atom stereocenters. The Labute approximate surface area is 120 Å². The highest BCUT2D eigenvalue weighted by Gasteiger charge is 2.08. The molecule has 0 aliphatic carbocycles. The van der Waals surface area contributed by atoms with Crippen LogP contribution in [0.5, 0.6) is 0 Å². The first-order valence-corrected chi connectivity index (χ1v) is 7.48. The molecule has 0 spiro atoms. The van der Waals surface area contributed by atoms with Gasteiger partial charge in [-0.2, -0.15) is 0 Å². The zero-order valence-corrected chi connectivity index (χ0v) is 12.2. The van der Waals surface area contributed by atoms with E-state index in [-0.39, 0.29) is 0 Å². The Morgan fingerprint density at radius 1 is 1.21 bits per heavy atom. The topological polar surface area (TPSA) is 24.5 Å². The summed E-state index contributed by atoms with van der Waals surface area (Å²) in [4.78, 5) is 2.49. The highest BCUT2D eigenvalue weighted by atomic mass is 35.5. The van der Waals surface area contributed by atoms with Gasteiger partial charge in [0.1, 0.15) is 0 Å². The Kier molecular flexibility index (Phi) is 6.65. The molecule has 0 saturated carbocycles. The quantitative estimate of drug-likeness (QED) is 0.778. The molecular weight excluding hydrogens is 260 g/mol. The van der Waals surface area contributed by atoms with E-state index < -0.39 is 0 Å². The lowest BCUT2D eigenvalue weighted by atomic mass is 10.2. The first-order valence-electron chi connectivity index (χ1n) is 7.10. The molecule has 0 amide bonds. The van der Waals surface area contributed by atoms with Crippen LogP contribution in [0.2, 0.25) is 5.02 Å². The second kappa shape index (κ2) is 8.54. The smallest absolute Gasteiger partial charge is 0.0594 e. The first-order chi connectivity index (χ1) is 9.34. The van der Waals surface area contributed by atoms with Crippen LogP contribution in [0.25, 0.3) is 0 Å². The van der Waals surface area contributed by atoms with Gasteiger partial charge in [-0.1, -0.05) is 23.7 Å².